The van der Waals surface area contributed by atoms with E-state index in [2.05, 4.69) is 31.6 Å². The van der Waals surface area contributed by atoms with Crippen LogP contribution in [0.1, 0.15) is 31.7 Å². The van der Waals surface area contributed by atoms with Crippen LogP contribution in [-0.2, 0) is 6.54 Å². The lowest BCUT2D eigenvalue weighted by atomic mass is 9.97. The van der Waals surface area contributed by atoms with Crippen LogP contribution in [-0.4, -0.2) is 93.4 Å². The number of aliphatic hydroxyl groups excluding tert-OH is 1. The summed E-state index contributed by atoms with van der Waals surface area (Å²) in [5, 5.41) is 19.8. The number of nitrogens with two attached hydrogens (primary N) is 1. The fraction of sp³-hybridized carbons (Fsp3) is 0.500. The van der Waals surface area contributed by atoms with Gasteiger partial charge in [-0.15, -0.1) is 0 Å². The summed E-state index contributed by atoms with van der Waals surface area (Å²) in [6.45, 7) is 9.34. The van der Waals surface area contributed by atoms with Crippen LogP contribution in [0.3, 0.4) is 0 Å². The van der Waals surface area contributed by atoms with Crippen molar-refractivity contribution in [2.24, 2.45) is 11.7 Å². The van der Waals surface area contributed by atoms with Gasteiger partial charge in [-0.1, -0.05) is 11.6 Å². The molecule has 0 bridgehead atoms. The Morgan fingerprint density at radius 1 is 1.02 bits per heavy atom. The van der Waals surface area contributed by atoms with Gasteiger partial charge < -0.3 is 25.6 Å². The van der Waals surface area contributed by atoms with Gasteiger partial charge in [0.05, 0.1) is 18.1 Å². The molecule has 2 aliphatic heterocycles. The number of halogens is 1. The van der Waals surface area contributed by atoms with Gasteiger partial charge >= 0.3 is 0 Å². The summed E-state index contributed by atoms with van der Waals surface area (Å²) in [6.07, 6.45) is 6.34. The highest BCUT2D eigenvalue weighted by Crippen LogP contribution is 2.31. The SMILES string of the molecule is CC(CCO)N1CCN(c2ncc(Oc3cc(CN4CCC(CN)CC4)cc(-c4cc(O)cc(Cl)c4)n3)cn2)CC1. The standard InChI is InChI=1S/C30H40ClN7O3/c1-21(4-11-39)37-7-9-38(10-8-37)30-33-18-27(19-34-30)41-29-13-23(20-36-5-2-22(17-32)3-6-36)12-28(35-29)24-14-25(31)16-26(40)15-24/h12-16,18-19,21-22,39-40H,2-11,17,20,32H2,1H3. The molecule has 11 heteroatoms. The Morgan fingerprint density at radius 3 is 2.41 bits per heavy atom. The fourth-order valence-corrected chi connectivity index (χ4v) is 5.82. The van der Waals surface area contributed by atoms with Crippen molar-refractivity contribution in [1.82, 2.24) is 24.8 Å². The predicted molar refractivity (Wildman–Crippen MR) is 160 cm³/mol. The topological polar surface area (TPSA) is 124 Å². The van der Waals surface area contributed by atoms with E-state index in [0.717, 1.165) is 77.2 Å². The zero-order valence-corrected chi connectivity index (χ0v) is 24.4. The van der Waals surface area contributed by atoms with Crippen LogP contribution in [0.2, 0.25) is 5.02 Å². The van der Waals surface area contributed by atoms with Crippen molar-refractivity contribution in [3.8, 4) is 28.6 Å². The number of aromatic nitrogens is 3. The average Bonchev–Trinajstić information content (AvgIpc) is 2.97. The first-order chi connectivity index (χ1) is 19.9. The van der Waals surface area contributed by atoms with Gasteiger partial charge in [-0.3, -0.25) is 9.80 Å². The second-order valence-electron chi connectivity index (χ2n) is 11.1. The molecule has 0 saturated carbocycles. The molecule has 1 atom stereocenters. The number of hydrogen-bond acceptors (Lipinski definition) is 10. The van der Waals surface area contributed by atoms with E-state index in [1.807, 2.05) is 12.1 Å². The summed E-state index contributed by atoms with van der Waals surface area (Å²) in [4.78, 5) is 20.9. The van der Waals surface area contributed by atoms with Gasteiger partial charge in [0, 0.05) is 62.0 Å². The Bertz CT molecular complexity index is 1260. The molecule has 4 N–H and O–H groups in total. The van der Waals surface area contributed by atoms with Gasteiger partial charge in [-0.05, 0) is 81.6 Å². The molecule has 5 rings (SSSR count). The van der Waals surface area contributed by atoms with Crippen molar-refractivity contribution >= 4 is 17.5 Å². The largest absolute Gasteiger partial charge is 0.508 e. The lowest BCUT2D eigenvalue weighted by Crippen LogP contribution is -2.50. The van der Waals surface area contributed by atoms with Crippen LogP contribution >= 0.6 is 11.6 Å². The maximum absolute atomic E-state index is 10.1. The molecular weight excluding hydrogens is 542 g/mol. The molecule has 10 nitrogen and oxygen atoms in total. The monoisotopic (exact) mass is 581 g/mol. The highest BCUT2D eigenvalue weighted by atomic mass is 35.5. The van der Waals surface area contributed by atoms with Crippen molar-refractivity contribution in [3.63, 3.8) is 0 Å². The first-order valence-electron chi connectivity index (χ1n) is 14.4. The Kier molecular flexibility index (Phi) is 9.89. The normalized spacial score (nSPS) is 18.0. The van der Waals surface area contributed by atoms with Gasteiger partial charge in [-0.25, -0.2) is 15.0 Å². The van der Waals surface area contributed by atoms with E-state index in [-0.39, 0.29) is 12.4 Å². The summed E-state index contributed by atoms with van der Waals surface area (Å²) >= 11 is 6.24. The van der Waals surface area contributed by atoms with Crippen molar-refractivity contribution in [2.75, 3.05) is 57.3 Å². The number of aliphatic hydroxyl groups is 1. The first-order valence-corrected chi connectivity index (χ1v) is 14.8. The van der Waals surface area contributed by atoms with Crippen LogP contribution in [0.4, 0.5) is 5.95 Å². The van der Waals surface area contributed by atoms with E-state index in [4.69, 9.17) is 27.1 Å². The average molecular weight is 582 g/mol. The number of rotatable bonds is 10. The third-order valence-corrected chi connectivity index (χ3v) is 8.31. The zero-order chi connectivity index (χ0) is 28.8. The summed E-state index contributed by atoms with van der Waals surface area (Å²) in [5.74, 6) is 2.27. The van der Waals surface area contributed by atoms with Gasteiger partial charge in [0.15, 0.2) is 5.75 Å². The van der Waals surface area contributed by atoms with Gasteiger partial charge in [0.25, 0.3) is 0 Å². The molecule has 2 fully saturated rings. The number of phenolic OH excluding ortho intramolecular Hbond substituents is 1. The smallest absolute Gasteiger partial charge is 0.225 e. The number of benzene rings is 1. The molecule has 41 heavy (non-hydrogen) atoms. The van der Waals surface area contributed by atoms with E-state index in [0.29, 0.717) is 45.8 Å². The van der Waals surface area contributed by atoms with Crippen LogP contribution in [0.15, 0.2) is 42.7 Å². The molecular formula is C30H40ClN7O3. The molecule has 0 aliphatic carbocycles. The van der Waals surface area contributed by atoms with Crippen LogP contribution in [0.25, 0.3) is 11.3 Å². The minimum Gasteiger partial charge on any atom is -0.508 e. The second kappa shape index (κ2) is 13.8. The number of hydrogen-bond donors (Lipinski definition) is 3. The molecule has 3 aromatic rings. The van der Waals surface area contributed by atoms with E-state index >= 15 is 0 Å². The van der Waals surface area contributed by atoms with E-state index in [1.54, 1.807) is 24.5 Å². The lowest BCUT2D eigenvalue weighted by Gasteiger charge is -2.37. The summed E-state index contributed by atoms with van der Waals surface area (Å²) in [7, 11) is 0. The van der Waals surface area contributed by atoms with Crippen LogP contribution in [0, 0.1) is 5.92 Å². The number of nitrogens with zero attached hydrogens (tertiary/aromatic N) is 6. The maximum Gasteiger partial charge on any atom is 0.225 e. The summed E-state index contributed by atoms with van der Waals surface area (Å²) < 4.78 is 6.17. The van der Waals surface area contributed by atoms with Crippen molar-refractivity contribution in [1.29, 1.82) is 0 Å². The van der Waals surface area contributed by atoms with Crippen molar-refractivity contribution in [3.05, 3.63) is 53.3 Å². The molecule has 1 aromatic carbocycles. The summed E-state index contributed by atoms with van der Waals surface area (Å²) in [5.41, 5.74) is 8.32. The van der Waals surface area contributed by atoms with E-state index < -0.39 is 0 Å². The summed E-state index contributed by atoms with van der Waals surface area (Å²) in [6, 6.07) is 9.27. The molecule has 2 saturated heterocycles. The number of anilines is 1. The molecule has 0 amide bonds. The number of pyridine rings is 1. The zero-order valence-electron chi connectivity index (χ0n) is 23.6. The number of piperazine rings is 1. The van der Waals surface area contributed by atoms with Gasteiger partial charge in [-0.2, -0.15) is 0 Å². The predicted octanol–water partition coefficient (Wildman–Crippen LogP) is 3.75. The Labute approximate surface area is 246 Å². The first kappa shape index (κ1) is 29.5. The Balaban J connectivity index is 1.30. The molecule has 0 radical (unpaired) electrons. The number of likely N-dealkylation sites (tertiary alicyclic amines) is 1. The molecule has 4 heterocycles. The van der Waals surface area contributed by atoms with Crippen LogP contribution < -0.4 is 15.4 Å². The number of phenols is 1. The minimum absolute atomic E-state index is 0.0821. The maximum atomic E-state index is 10.1. The number of ether oxygens (including phenoxy) is 1. The Hall–Kier alpha value is -3.02. The fourth-order valence-electron chi connectivity index (χ4n) is 5.59. The molecule has 220 valence electrons. The number of aromatic hydroxyl groups is 1. The van der Waals surface area contributed by atoms with E-state index in [1.165, 1.54) is 6.07 Å². The highest BCUT2D eigenvalue weighted by Gasteiger charge is 2.23. The highest BCUT2D eigenvalue weighted by molar-refractivity contribution is 6.31. The Morgan fingerprint density at radius 2 is 1.76 bits per heavy atom. The third kappa shape index (κ3) is 7.84. The van der Waals surface area contributed by atoms with Gasteiger partial charge in [0.2, 0.25) is 11.8 Å². The van der Waals surface area contributed by atoms with E-state index in [9.17, 15) is 10.2 Å². The minimum atomic E-state index is 0.0821. The molecule has 2 aromatic heterocycles. The molecule has 2 aliphatic rings. The lowest BCUT2D eigenvalue weighted by molar-refractivity contribution is 0.159. The third-order valence-electron chi connectivity index (χ3n) is 8.09. The number of piperidine rings is 1. The van der Waals surface area contributed by atoms with Gasteiger partial charge in [0.1, 0.15) is 5.75 Å². The molecule has 1 unspecified atom stereocenters. The van der Waals surface area contributed by atoms with Crippen molar-refractivity contribution in [2.45, 2.75) is 38.8 Å². The second-order valence-corrected chi connectivity index (χ2v) is 11.5. The quantitative estimate of drug-likeness (QED) is 0.326. The van der Waals surface area contributed by atoms with Crippen LogP contribution in [0.5, 0.6) is 17.4 Å². The van der Waals surface area contributed by atoms with Crippen molar-refractivity contribution < 1.29 is 14.9 Å². The molecule has 0 spiro atoms.